The largest absolute Gasteiger partial charge is 1.00 e. The second kappa shape index (κ2) is 6.93. The van der Waals surface area contributed by atoms with Crippen LogP contribution in [-0.2, 0) is 21.7 Å². The molecule has 8 heteroatoms. The number of hydrogen-bond acceptors (Lipinski definition) is 4. The first-order chi connectivity index (χ1) is 6.45. The van der Waals surface area contributed by atoms with E-state index < -0.39 is 34.6 Å². The molecule has 0 amide bonds. The van der Waals surface area contributed by atoms with Crippen molar-refractivity contribution < 1.29 is 82.7 Å². The van der Waals surface area contributed by atoms with Gasteiger partial charge >= 0.3 is 41.5 Å². The molecule has 16 heavy (non-hydrogen) atoms. The molecule has 0 aliphatic heterocycles. The fraction of sp³-hybridized carbons (Fsp3) is 0. The first kappa shape index (κ1) is 17.9. The summed E-state index contributed by atoms with van der Waals surface area (Å²) in [6.07, 6.45) is 0. The maximum absolute atomic E-state index is 10.4. The van der Waals surface area contributed by atoms with E-state index in [1.165, 1.54) is 0 Å². The summed E-state index contributed by atoms with van der Waals surface area (Å²) in [5.74, 6) is -4.79. The summed E-state index contributed by atoms with van der Waals surface area (Å²) in [6, 6.07) is 1.81. The van der Waals surface area contributed by atoms with Gasteiger partial charge in [0.1, 0.15) is 11.1 Å². The van der Waals surface area contributed by atoms with E-state index in [-0.39, 0.29) is 52.7 Å². The Bertz CT molecular complexity index is 386. The van der Waals surface area contributed by atoms with E-state index in [1.54, 1.807) is 0 Å². The molecule has 4 N–H and O–H groups in total. The minimum Gasteiger partial charge on any atom is -1.00 e. The standard InChI is InChI=1S/C8H6O6.Na.Ti.H/c9-5-3(7(11)12)1-2-4(6(5)10)8(13)14;;;/h1-2,9-10H,(H,11,12)(H,13,14);;;/q;+1;;-1. The molecule has 0 spiro atoms. The molecule has 6 nitrogen and oxygen atoms in total. The number of aromatic carboxylic acids is 2. The van der Waals surface area contributed by atoms with Crippen molar-refractivity contribution in [2.45, 2.75) is 0 Å². The number of carboxylic acid groups (broad SMARTS) is 2. The van der Waals surface area contributed by atoms with E-state index in [1.807, 2.05) is 0 Å². The quantitative estimate of drug-likeness (QED) is 0.352. The van der Waals surface area contributed by atoms with Gasteiger partial charge in [-0.05, 0) is 12.1 Å². The van der Waals surface area contributed by atoms with Gasteiger partial charge in [0.05, 0.1) is 0 Å². The summed E-state index contributed by atoms with van der Waals surface area (Å²) in [6.45, 7) is 0. The zero-order valence-electron chi connectivity index (χ0n) is 9.26. The molecule has 0 heterocycles. The first-order valence-corrected chi connectivity index (χ1v) is 3.46. The molecule has 0 aromatic heterocycles. The van der Waals surface area contributed by atoms with Gasteiger partial charge in [-0.1, -0.05) is 0 Å². The van der Waals surface area contributed by atoms with Crippen LogP contribution in [-0.4, -0.2) is 32.4 Å². The SMILES string of the molecule is O=C(O)c1ccc(C(=O)O)c(O)c1O.[H-].[Na+].[Ti]. The molecule has 0 aliphatic rings. The molecule has 1 aromatic rings. The van der Waals surface area contributed by atoms with Crippen molar-refractivity contribution in [2.75, 3.05) is 0 Å². The van der Waals surface area contributed by atoms with Crippen molar-refractivity contribution in [1.29, 1.82) is 0 Å². The third-order valence-corrected chi connectivity index (χ3v) is 1.61. The van der Waals surface area contributed by atoms with Crippen LogP contribution in [0.5, 0.6) is 11.5 Å². The summed E-state index contributed by atoms with van der Waals surface area (Å²) in [5.41, 5.74) is -1.10. The number of benzene rings is 1. The average Bonchev–Trinajstić information content (AvgIpc) is 2.08. The summed E-state index contributed by atoms with van der Waals surface area (Å²) >= 11 is 0. The van der Waals surface area contributed by atoms with E-state index in [4.69, 9.17) is 20.4 Å². The molecule has 0 unspecified atom stereocenters. The average molecular weight is 270 g/mol. The smallest absolute Gasteiger partial charge is 1.00 e. The topological polar surface area (TPSA) is 115 Å². The molecule has 80 valence electrons. The van der Waals surface area contributed by atoms with Gasteiger partial charge in [0.25, 0.3) is 0 Å². The Hall–Kier alpha value is -0.526. The normalized spacial score (nSPS) is 8.50. The number of carbonyl (C=O) groups is 2. The Morgan fingerprint density at radius 2 is 1.19 bits per heavy atom. The number of carboxylic acids is 2. The number of hydrogen-bond donors (Lipinski definition) is 4. The van der Waals surface area contributed by atoms with Gasteiger partial charge in [0.2, 0.25) is 0 Å². The van der Waals surface area contributed by atoms with Crippen molar-refractivity contribution in [3.63, 3.8) is 0 Å². The Morgan fingerprint density at radius 1 is 0.938 bits per heavy atom. The molecular formula is C8H7NaO6Ti. The van der Waals surface area contributed by atoms with Crippen molar-refractivity contribution in [3.05, 3.63) is 23.3 Å². The third-order valence-electron chi connectivity index (χ3n) is 1.61. The Labute approximate surface area is 129 Å². The number of rotatable bonds is 2. The van der Waals surface area contributed by atoms with Gasteiger partial charge in [-0.15, -0.1) is 0 Å². The third kappa shape index (κ3) is 3.50. The minimum absolute atomic E-state index is 0. The van der Waals surface area contributed by atoms with Crippen LogP contribution in [0.4, 0.5) is 0 Å². The van der Waals surface area contributed by atoms with Gasteiger partial charge in [-0.25, -0.2) is 9.59 Å². The van der Waals surface area contributed by atoms with E-state index in [2.05, 4.69) is 0 Å². The van der Waals surface area contributed by atoms with Gasteiger partial charge in [-0.3, -0.25) is 0 Å². The van der Waals surface area contributed by atoms with Gasteiger partial charge in [0.15, 0.2) is 11.5 Å². The van der Waals surface area contributed by atoms with Crippen molar-refractivity contribution >= 4 is 11.9 Å². The fourth-order valence-electron chi connectivity index (χ4n) is 0.925. The van der Waals surface area contributed by atoms with Crippen molar-refractivity contribution in [2.24, 2.45) is 0 Å². The minimum atomic E-state index is -1.45. The molecule has 0 fully saturated rings. The van der Waals surface area contributed by atoms with E-state index >= 15 is 0 Å². The molecular weight excluding hydrogens is 263 g/mol. The second-order valence-electron chi connectivity index (χ2n) is 2.47. The molecule has 1 aromatic carbocycles. The van der Waals surface area contributed by atoms with Gasteiger partial charge in [0, 0.05) is 21.7 Å². The zero-order valence-corrected chi connectivity index (χ0v) is 11.8. The van der Waals surface area contributed by atoms with Crippen molar-refractivity contribution in [3.8, 4) is 11.5 Å². The molecule has 0 bridgehead atoms. The molecule has 1 rings (SSSR count). The molecule has 0 saturated heterocycles. The second-order valence-corrected chi connectivity index (χ2v) is 2.47. The summed E-state index contributed by atoms with van der Waals surface area (Å²) < 4.78 is 0. The van der Waals surface area contributed by atoms with Crippen LogP contribution >= 0.6 is 0 Å². The van der Waals surface area contributed by atoms with E-state index in [9.17, 15) is 9.59 Å². The Kier molecular flexibility index (Phi) is 7.73. The summed E-state index contributed by atoms with van der Waals surface area (Å²) in [7, 11) is 0. The maximum atomic E-state index is 10.4. The molecule has 0 saturated carbocycles. The van der Waals surface area contributed by atoms with Crippen LogP contribution in [0, 0.1) is 0 Å². The van der Waals surface area contributed by atoms with Crippen molar-refractivity contribution in [1.82, 2.24) is 0 Å². The zero-order chi connectivity index (χ0) is 10.9. The monoisotopic (exact) mass is 270 g/mol. The molecule has 0 radical (unpaired) electrons. The van der Waals surface area contributed by atoms with Crippen LogP contribution in [0.3, 0.4) is 0 Å². The molecule has 0 aliphatic carbocycles. The summed E-state index contributed by atoms with van der Waals surface area (Å²) in [4.78, 5) is 20.9. The van der Waals surface area contributed by atoms with Crippen LogP contribution < -0.4 is 29.6 Å². The molecule has 0 atom stereocenters. The van der Waals surface area contributed by atoms with E-state index in [0.29, 0.717) is 0 Å². The number of aromatic hydroxyl groups is 2. The first-order valence-electron chi connectivity index (χ1n) is 3.46. The van der Waals surface area contributed by atoms with Crippen LogP contribution in [0.15, 0.2) is 12.1 Å². The predicted molar refractivity (Wildman–Crippen MR) is 44.8 cm³/mol. The van der Waals surface area contributed by atoms with E-state index in [0.717, 1.165) is 12.1 Å². The maximum Gasteiger partial charge on any atom is 1.00 e. The Balaban J connectivity index is -0.000000653. The van der Waals surface area contributed by atoms with Gasteiger partial charge in [-0.2, -0.15) is 0 Å². The summed E-state index contributed by atoms with van der Waals surface area (Å²) in [5, 5.41) is 35.2. The van der Waals surface area contributed by atoms with Gasteiger partial charge < -0.3 is 21.9 Å². The van der Waals surface area contributed by atoms with Crippen LogP contribution in [0.1, 0.15) is 22.1 Å². The van der Waals surface area contributed by atoms with Crippen LogP contribution in [0.25, 0.3) is 0 Å². The van der Waals surface area contributed by atoms with Crippen LogP contribution in [0.2, 0.25) is 0 Å². The number of phenols is 2. The Morgan fingerprint density at radius 3 is 1.38 bits per heavy atom. The fourth-order valence-corrected chi connectivity index (χ4v) is 0.925. The predicted octanol–water partition coefficient (Wildman–Crippen LogP) is -2.39.